The van der Waals surface area contributed by atoms with Crippen molar-refractivity contribution in [1.82, 2.24) is 4.98 Å². The Morgan fingerprint density at radius 1 is 1.50 bits per heavy atom. The van der Waals surface area contributed by atoms with Gasteiger partial charge in [0.15, 0.2) is 18.1 Å². The molecule has 7 nitrogen and oxygen atoms in total. The molecule has 0 saturated carbocycles. The van der Waals surface area contributed by atoms with Crippen LogP contribution in [0.4, 0.5) is 5.13 Å². The Balaban J connectivity index is 2.03. The number of hydrogen-bond donors (Lipinski definition) is 2. The normalized spacial score (nSPS) is 10.6. The number of benzene rings is 1. The fourth-order valence-electron chi connectivity index (χ4n) is 1.59. The van der Waals surface area contributed by atoms with Gasteiger partial charge in [-0.2, -0.15) is 5.10 Å². The lowest BCUT2D eigenvalue weighted by molar-refractivity contribution is -0.139. The van der Waals surface area contributed by atoms with E-state index in [0.29, 0.717) is 16.6 Å². The first kappa shape index (κ1) is 15.8. The number of rotatable bonds is 7. The third-order valence-electron chi connectivity index (χ3n) is 2.53. The smallest absolute Gasteiger partial charge is 0.341 e. The summed E-state index contributed by atoms with van der Waals surface area (Å²) in [6, 6.07) is 5.09. The van der Waals surface area contributed by atoms with Crippen molar-refractivity contribution in [3.8, 4) is 11.5 Å². The number of methoxy groups -OCH3 is 1. The van der Waals surface area contributed by atoms with Crippen LogP contribution in [0.1, 0.15) is 11.3 Å². The number of carboxylic acids is 1. The first-order chi connectivity index (χ1) is 10.6. The van der Waals surface area contributed by atoms with Gasteiger partial charge < -0.3 is 14.6 Å². The minimum atomic E-state index is -1.05. The Morgan fingerprint density at radius 2 is 2.32 bits per heavy atom. The Hall–Kier alpha value is -2.61. The van der Waals surface area contributed by atoms with Crippen molar-refractivity contribution in [3.63, 3.8) is 0 Å². The molecule has 0 aliphatic heterocycles. The van der Waals surface area contributed by atoms with Crippen molar-refractivity contribution in [2.24, 2.45) is 5.10 Å². The lowest BCUT2D eigenvalue weighted by Crippen LogP contribution is -2.10. The third kappa shape index (κ3) is 4.45. The predicted molar refractivity (Wildman–Crippen MR) is 84.2 cm³/mol. The zero-order valence-corrected chi connectivity index (χ0v) is 12.9. The van der Waals surface area contributed by atoms with Crippen molar-refractivity contribution >= 4 is 28.7 Å². The fourth-order valence-corrected chi connectivity index (χ4v) is 2.23. The van der Waals surface area contributed by atoms with Gasteiger partial charge >= 0.3 is 5.97 Å². The van der Waals surface area contributed by atoms with Gasteiger partial charge in [-0.25, -0.2) is 9.78 Å². The van der Waals surface area contributed by atoms with E-state index in [1.54, 1.807) is 24.4 Å². The maximum atomic E-state index is 10.5. The monoisotopic (exact) mass is 321 g/mol. The number of aryl methyl sites for hydroxylation is 1. The first-order valence-electron chi connectivity index (χ1n) is 6.32. The van der Waals surface area contributed by atoms with Crippen LogP contribution in [0.25, 0.3) is 0 Å². The van der Waals surface area contributed by atoms with Gasteiger partial charge in [0.1, 0.15) is 0 Å². The van der Waals surface area contributed by atoms with E-state index < -0.39 is 12.6 Å². The highest BCUT2D eigenvalue weighted by atomic mass is 32.1. The Labute approximate surface area is 131 Å². The molecule has 1 aromatic carbocycles. The molecule has 2 N–H and O–H groups in total. The molecule has 2 rings (SSSR count). The quantitative estimate of drug-likeness (QED) is 0.601. The van der Waals surface area contributed by atoms with Crippen molar-refractivity contribution in [2.75, 3.05) is 19.1 Å². The molecule has 0 aliphatic carbocycles. The fraction of sp³-hybridized carbons (Fsp3) is 0.214. The molecular formula is C14H15N3O4S. The van der Waals surface area contributed by atoms with Crippen LogP contribution in [0.15, 0.2) is 28.7 Å². The van der Waals surface area contributed by atoms with Crippen LogP contribution in [0.5, 0.6) is 11.5 Å². The van der Waals surface area contributed by atoms with Crippen LogP contribution in [-0.2, 0) is 4.79 Å². The average Bonchev–Trinajstić information content (AvgIpc) is 2.91. The molecule has 0 radical (unpaired) electrons. The van der Waals surface area contributed by atoms with E-state index in [9.17, 15) is 4.79 Å². The van der Waals surface area contributed by atoms with Gasteiger partial charge in [0.25, 0.3) is 0 Å². The number of thiazole rings is 1. The number of nitrogens with zero attached hydrogens (tertiary/aromatic N) is 2. The molecule has 8 heteroatoms. The van der Waals surface area contributed by atoms with E-state index in [2.05, 4.69) is 15.5 Å². The molecule has 22 heavy (non-hydrogen) atoms. The van der Waals surface area contributed by atoms with Gasteiger partial charge in [0, 0.05) is 5.38 Å². The minimum Gasteiger partial charge on any atom is -0.493 e. The number of aromatic nitrogens is 1. The van der Waals surface area contributed by atoms with E-state index in [1.165, 1.54) is 18.4 Å². The highest BCUT2D eigenvalue weighted by Crippen LogP contribution is 2.27. The van der Waals surface area contributed by atoms with E-state index >= 15 is 0 Å². The first-order valence-corrected chi connectivity index (χ1v) is 7.20. The number of carbonyl (C=O) groups is 1. The molecule has 0 bridgehead atoms. The molecule has 2 aromatic rings. The van der Waals surface area contributed by atoms with E-state index in [4.69, 9.17) is 14.6 Å². The summed E-state index contributed by atoms with van der Waals surface area (Å²) >= 11 is 1.47. The zero-order valence-electron chi connectivity index (χ0n) is 12.1. The van der Waals surface area contributed by atoms with Crippen LogP contribution in [0, 0.1) is 6.92 Å². The van der Waals surface area contributed by atoms with Crippen LogP contribution in [-0.4, -0.2) is 36.0 Å². The highest BCUT2D eigenvalue weighted by Gasteiger charge is 2.07. The number of hydrazone groups is 1. The number of anilines is 1. The van der Waals surface area contributed by atoms with Gasteiger partial charge in [0.2, 0.25) is 5.13 Å². The summed E-state index contributed by atoms with van der Waals surface area (Å²) in [6.45, 7) is 1.49. The second-order valence-corrected chi connectivity index (χ2v) is 5.11. The number of carboxylic acid groups (broad SMARTS) is 1. The SMILES string of the molecule is COc1cc(C=NNc2nc(C)cs2)ccc1OCC(=O)O. The summed E-state index contributed by atoms with van der Waals surface area (Å²) in [5, 5.41) is 15.3. The van der Waals surface area contributed by atoms with Gasteiger partial charge in [-0.3, -0.25) is 5.43 Å². The Kier molecular flexibility index (Phi) is 5.31. The van der Waals surface area contributed by atoms with Crippen LogP contribution in [0.2, 0.25) is 0 Å². The van der Waals surface area contributed by atoms with Crippen LogP contribution < -0.4 is 14.9 Å². The van der Waals surface area contributed by atoms with Gasteiger partial charge in [-0.15, -0.1) is 11.3 Å². The van der Waals surface area contributed by atoms with E-state index in [0.717, 1.165) is 11.3 Å². The molecule has 1 heterocycles. The topological polar surface area (TPSA) is 93.0 Å². The third-order valence-corrected chi connectivity index (χ3v) is 3.40. The summed E-state index contributed by atoms with van der Waals surface area (Å²) < 4.78 is 10.3. The molecule has 1 aromatic heterocycles. The number of hydrogen-bond acceptors (Lipinski definition) is 7. The predicted octanol–water partition coefficient (Wildman–Crippen LogP) is 2.37. The molecule has 116 valence electrons. The van der Waals surface area contributed by atoms with Gasteiger partial charge in [0.05, 0.1) is 19.0 Å². The van der Waals surface area contributed by atoms with Crippen LogP contribution >= 0.6 is 11.3 Å². The summed E-state index contributed by atoms with van der Waals surface area (Å²) in [4.78, 5) is 14.7. The average molecular weight is 321 g/mol. The summed E-state index contributed by atoms with van der Waals surface area (Å²) in [5.41, 5.74) is 4.55. The largest absolute Gasteiger partial charge is 0.493 e. The highest BCUT2D eigenvalue weighted by molar-refractivity contribution is 7.13. The molecule has 0 aliphatic rings. The van der Waals surface area contributed by atoms with Crippen LogP contribution in [0.3, 0.4) is 0 Å². The maximum absolute atomic E-state index is 10.5. The van der Waals surface area contributed by atoms with Crippen molar-refractivity contribution in [2.45, 2.75) is 6.92 Å². The van der Waals surface area contributed by atoms with Crippen molar-refractivity contribution in [3.05, 3.63) is 34.8 Å². The second kappa shape index (κ2) is 7.41. The molecule has 0 atom stereocenters. The molecule has 0 fully saturated rings. The van der Waals surface area contributed by atoms with Crippen molar-refractivity contribution < 1.29 is 19.4 Å². The number of aliphatic carboxylic acids is 1. The second-order valence-electron chi connectivity index (χ2n) is 4.26. The summed E-state index contributed by atoms with van der Waals surface area (Å²) in [6.07, 6.45) is 1.61. The minimum absolute atomic E-state index is 0.366. The lowest BCUT2D eigenvalue weighted by Gasteiger charge is -2.09. The van der Waals surface area contributed by atoms with E-state index in [-0.39, 0.29) is 0 Å². The lowest BCUT2D eigenvalue weighted by atomic mass is 10.2. The Bertz CT molecular complexity index is 684. The molecule has 0 spiro atoms. The van der Waals surface area contributed by atoms with E-state index in [1.807, 2.05) is 12.3 Å². The number of nitrogens with one attached hydrogen (secondary N) is 1. The summed E-state index contributed by atoms with van der Waals surface area (Å²) in [5.74, 6) is -0.239. The standard InChI is InChI=1S/C14H15N3O4S/c1-9-8-22-14(16-9)17-15-6-10-3-4-11(12(5-10)20-2)21-7-13(18)19/h3-6,8H,7H2,1-2H3,(H,16,17)(H,18,19). The van der Waals surface area contributed by atoms with Gasteiger partial charge in [-0.05, 0) is 30.7 Å². The number of ether oxygens (including phenoxy) is 2. The Morgan fingerprint density at radius 3 is 2.95 bits per heavy atom. The molecule has 0 saturated heterocycles. The molecule has 0 amide bonds. The summed E-state index contributed by atoms with van der Waals surface area (Å²) in [7, 11) is 1.49. The molecular weight excluding hydrogens is 306 g/mol. The zero-order chi connectivity index (χ0) is 15.9. The molecule has 0 unspecified atom stereocenters. The van der Waals surface area contributed by atoms with Gasteiger partial charge in [-0.1, -0.05) is 0 Å². The van der Waals surface area contributed by atoms with Crippen molar-refractivity contribution in [1.29, 1.82) is 0 Å². The maximum Gasteiger partial charge on any atom is 0.341 e.